The van der Waals surface area contributed by atoms with Gasteiger partial charge in [-0.25, -0.2) is 0 Å². The van der Waals surface area contributed by atoms with Crippen LogP contribution >= 0.6 is 0 Å². The first-order valence-corrected chi connectivity index (χ1v) is 10.6. The van der Waals surface area contributed by atoms with Gasteiger partial charge in [0.05, 0.1) is 12.7 Å². The van der Waals surface area contributed by atoms with Gasteiger partial charge in [0, 0.05) is 5.56 Å². The molecule has 0 fully saturated rings. The van der Waals surface area contributed by atoms with Crippen molar-refractivity contribution >= 4 is 19.1 Å². The maximum Gasteiger partial charge on any atom is 0.186 e. The highest BCUT2D eigenvalue weighted by molar-refractivity contribution is 6.69. The van der Waals surface area contributed by atoms with E-state index in [1.165, 1.54) is 0 Å². The molecule has 0 amide bonds. The van der Waals surface area contributed by atoms with Crippen LogP contribution in [0.25, 0.3) is 10.8 Å². The second-order valence-electron chi connectivity index (χ2n) is 5.87. The molecule has 2 aromatic rings. The molecule has 1 atom stereocenters. The highest BCUT2D eigenvalue weighted by atomic mass is 28.4. The number of ether oxygens (including phenoxy) is 1. The van der Waals surface area contributed by atoms with Crippen LogP contribution in [0.3, 0.4) is 0 Å². The van der Waals surface area contributed by atoms with Crippen LogP contribution in [0, 0.1) is 11.3 Å². The SMILES string of the molecule is CCOc1ccc2ccccc2c1C(C#N)O[Si](C)(C)C. The van der Waals surface area contributed by atoms with Gasteiger partial charge in [-0.1, -0.05) is 30.3 Å². The van der Waals surface area contributed by atoms with E-state index in [2.05, 4.69) is 25.7 Å². The highest BCUT2D eigenvalue weighted by Crippen LogP contribution is 2.36. The van der Waals surface area contributed by atoms with Crippen molar-refractivity contribution in [3.8, 4) is 11.8 Å². The van der Waals surface area contributed by atoms with Gasteiger partial charge in [-0.3, -0.25) is 0 Å². The molecule has 3 nitrogen and oxygen atoms in total. The Labute approximate surface area is 127 Å². The largest absolute Gasteiger partial charge is 0.493 e. The molecule has 0 saturated carbocycles. The lowest BCUT2D eigenvalue weighted by Gasteiger charge is -2.24. The molecule has 21 heavy (non-hydrogen) atoms. The molecule has 0 saturated heterocycles. The van der Waals surface area contributed by atoms with E-state index in [0.717, 1.165) is 22.1 Å². The van der Waals surface area contributed by atoms with E-state index < -0.39 is 14.4 Å². The van der Waals surface area contributed by atoms with E-state index in [9.17, 15) is 5.26 Å². The van der Waals surface area contributed by atoms with Crippen LogP contribution in [0.4, 0.5) is 0 Å². The van der Waals surface area contributed by atoms with Gasteiger partial charge >= 0.3 is 0 Å². The Morgan fingerprint density at radius 3 is 2.48 bits per heavy atom. The summed E-state index contributed by atoms with van der Waals surface area (Å²) >= 11 is 0. The summed E-state index contributed by atoms with van der Waals surface area (Å²) in [5.41, 5.74) is 0.847. The van der Waals surface area contributed by atoms with Crippen molar-refractivity contribution in [2.45, 2.75) is 32.7 Å². The van der Waals surface area contributed by atoms with Crippen LogP contribution in [0.2, 0.25) is 19.6 Å². The number of benzene rings is 2. The molecule has 110 valence electrons. The van der Waals surface area contributed by atoms with Gasteiger partial charge < -0.3 is 9.16 Å². The van der Waals surface area contributed by atoms with Gasteiger partial charge in [0.15, 0.2) is 14.4 Å². The number of nitrogens with zero attached hydrogens (tertiary/aromatic N) is 1. The minimum absolute atomic E-state index is 0.566. The predicted molar refractivity (Wildman–Crippen MR) is 87.9 cm³/mol. The smallest absolute Gasteiger partial charge is 0.186 e. The molecule has 1 unspecified atom stereocenters. The zero-order valence-corrected chi connectivity index (χ0v) is 14.0. The van der Waals surface area contributed by atoms with Crippen LogP contribution in [0.5, 0.6) is 5.75 Å². The van der Waals surface area contributed by atoms with Crippen LogP contribution in [-0.2, 0) is 4.43 Å². The minimum Gasteiger partial charge on any atom is -0.493 e. The molecule has 0 aromatic heterocycles. The minimum atomic E-state index is -1.84. The number of rotatable bonds is 5. The zero-order chi connectivity index (χ0) is 15.5. The Balaban J connectivity index is 2.62. The molecule has 0 aliphatic heterocycles. The average molecular weight is 299 g/mol. The summed E-state index contributed by atoms with van der Waals surface area (Å²) in [4.78, 5) is 0. The first kappa shape index (κ1) is 15.6. The summed E-state index contributed by atoms with van der Waals surface area (Å²) in [5.74, 6) is 0.737. The maximum absolute atomic E-state index is 9.59. The summed E-state index contributed by atoms with van der Waals surface area (Å²) in [6.07, 6.45) is -0.593. The molecule has 2 rings (SSSR count). The Kier molecular flexibility index (Phi) is 4.66. The number of nitriles is 1. The van der Waals surface area contributed by atoms with Crippen molar-refractivity contribution < 1.29 is 9.16 Å². The van der Waals surface area contributed by atoms with Crippen molar-refractivity contribution in [3.63, 3.8) is 0 Å². The van der Waals surface area contributed by atoms with Crippen molar-refractivity contribution in [1.29, 1.82) is 5.26 Å². The van der Waals surface area contributed by atoms with Crippen molar-refractivity contribution in [1.82, 2.24) is 0 Å². The van der Waals surface area contributed by atoms with Crippen LogP contribution in [0.1, 0.15) is 18.6 Å². The van der Waals surface area contributed by atoms with E-state index in [0.29, 0.717) is 6.61 Å². The maximum atomic E-state index is 9.59. The molecule has 0 radical (unpaired) electrons. The number of hydrogen-bond donors (Lipinski definition) is 0. The molecule has 4 heteroatoms. The first-order chi connectivity index (χ1) is 9.96. The zero-order valence-electron chi connectivity index (χ0n) is 13.0. The standard InChI is InChI=1S/C17H21NO2Si/c1-5-19-15-11-10-13-8-6-7-9-14(13)17(15)16(12-18)20-21(2,3)4/h6-11,16H,5H2,1-4H3. The summed E-state index contributed by atoms with van der Waals surface area (Å²) in [6.45, 7) is 8.77. The van der Waals surface area contributed by atoms with E-state index in [1.807, 2.05) is 43.3 Å². The lowest BCUT2D eigenvalue weighted by Crippen LogP contribution is -2.27. The van der Waals surface area contributed by atoms with E-state index in [1.54, 1.807) is 0 Å². The molecular formula is C17H21NO2Si. The Hall–Kier alpha value is -1.83. The average Bonchev–Trinajstić information content (AvgIpc) is 2.44. The quantitative estimate of drug-likeness (QED) is 0.754. The molecule has 0 aliphatic carbocycles. The van der Waals surface area contributed by atoms with E-state index >= 15 is 0 Å². The normalized spacial score (nSPS) is 12.9. The molecule has 2 aromatic carbocycles. The van der Waals surface area contributed by atoms with Crippen LogP contribution in [-0.4, -0.2) is 14.9 Å². The third kappa shape index (κ3) is 3.63. The Morgan fingerprint density at radius 2 is 1.86 bits per heavy atom. The molecule has 0 bridgehead atoms. The number of fused-ring (bicyclic) bond motifs is 1. The van der Waals surface area contributed by atoms with Gasteiger partial charge in [-0.05, 0) is 43.4 Å². The van der Waals surface area contributed by atoms with Gasteiger partial charge in [-0.2, -0.15) is 5.26 Å². The topological polar surface area (TPSA) is 42.2 Å². The van der Waals surface area contributed by atoms with Gasteiger partial charge in [-0.15, -0.1) is 0 Å². The van der Waals surface area contributed by atoms with Crippen molar-refractivity contribution in [2.75, 3.05) is 6.61 Å². The second-order valence-corrected chi connectivity index (χ2v) is 10.3. The Morgan fingerprint density at radius 1 is 1.14 bits per heavy atom. The van der Waals surface area contributed by atoms with Crippen molar-refractivity contribution in [2.24, 2.45) is 0 Å². The fourth-order valence-electron chi connectivity index (χ4n) is 2.33. The number of hydrogen-bond acceptors (Lipinski definition) is 3. The predicted octanol–water partition coefficient (Wildman–Crippen LogP) is 4.65. The third-order valence-electron chi connectivity index (χ3n) is 3.08. The fourth-order valence-corrected chi connectivity index (χ4v) is 3.21. The van der Waals surface area contributed by atoms with Gasteiger partial charge in [0.25, 0.3) is 0 Å². The lowest BCUT2D eigenvalue weighted by atomic mass is 10.00. The summed E-state index contributed by atoms with van der Waals surface area (Å²) in [5, 5.41) is 11.7. The van der Waals surface area contributed by atoms with Crippen molar-refractivity contribution in [3.05, 3.63) is 42.0 Å². The van der Waals surface area contributed by atoms with E-state index in [4.69, 9.17) is 9.16 Å². The summed E-state index contributed by atoms with van der Waals surface area (Å²) in [6, 6.07) is 14.3. The molecule has 0 N–H and O–H groups in total. The molecule has 0 spiro atoms. The van der Waals surface area contributed by atoms with Gasteiger partial charge in [0.1, 0.15) is 5.75 Å². The third-order valence-corrected chi connectivity index (χ3v) is 4.02. The second kappa shape index (κ2) is 6.29. The van der Waals surface area contributed by atoms with Crippen LogP contribution in [0.15, 0.2) is 36.4 Å². The summed E-state index contributed by atoms with van der Waals surface area (Å²) in [7, 11) is -1.84. The molecule has 0 aliphatic rings. The monoisotopic (exact) mass is 299 g/mol. The lowest BCUT2D eigenvalue weighted by molar-refractivity contribution is 0.245. The Bertz CT molecular complexity index is 671. The first-order valence-electron chi connectivity index (χ1n) is 7.18. The summed E-state index contributed by atoms with van der Waals surface area (Å²) < 4.78 is 11.8. The van der Waals surface area contributed by atoms with Gasteiger partial charge in [0.2, 0.25) is 0 Å². The highest BCUT2D eigenvalue weighted by Gasteiger charge is 2.26. The molecule has 0 heterocycles. The van der Waals surface area contributed by atoms with E-state index in [-0.39, 0.29) is 0 Å². The molecular weight excluding hydrogens is 278 g/mol. The fraction of sp³-hybridized carbons (Fsp3) is 0.353. The van der Waals surface area contributed by atoms with Crippen LogP contribution < -0.4 is 4.74 Å².